The van der Waals surface area contributed by atoms with E-state index < -0.39 is 23.9 Å². The van der Waals surface area contributed by atoms with Gasteiger partial charge in [-0.15, -0.1) is 12.4 Å². The number of rotatable bonds is 3. The average Bonchev–Trinajstić information content (AvgIpc) is 2.26. The van der Waals surface area contributed by atoms with Crippen molar-refractivity contribution < 1.29 is 18.3 Å². The molecule has 0 fully saturated rings. The molecule has 0 bridgehead atoms. The Kier molecular flexibility index (Phi) is 6.63. The third kappa shape index (κ3) is 4.12. The first-order valence-corrected chi connectivity index (χ1v) is 5.87. The molecule has 0 spiro atoms. The van der Waals surface area contributed by atoms with Crippen molar-refractivity contribution in [2.75, 3.05) is 0 Å². The van der Waals surface area contributed by atoms with E-state index in [1.54, 1.807) is 6.92 Å². The summed E-state index contributed by atoms with van der Waals surface area (Å²) in [6, 6.07) is 2.39. The standard InChI is InChI=1S/C11H13BrF3NO.ClH/c1-2-9(17)10(16)7-5-6(11(13,14)15)3-4-8(7)12;/h3-5,9-10,17H,2,16H2,1H3;1H/t9-,10+;/m1./s1. The summed E-state index contributed by atoms with van der Waals surface area (Å²) in [5.41, 5.74) is 5.20. The highest BCUT2D eigenvalue weighted by atomic mass is 79.9. The average molecular weight is 349 g/mol. The molecule has 2 nitrogen and oxygen atoms in total. The number of nitrogens with two attached hydrogens (primary N) is 1. The minimum atomic E-state index is -4.41. The molecule has 7 heteroatoms. The maximum Gasteiger partial charge on any atom is 0.416 e. The quantitative estimate of drug-likeness (QED) is 0.875. The Morgan fingerprint density at radius 2 is 1.94 bits per heavy atom. The lowest BCUT2D eigenvalue weighted by atomic mass is 9.98. The Hall–Kier alpha value is -0.300. The van der Waals surface area contributed by atoms with Gasteiger partial charge in [0.2, 0.25) is 0 Å². The zero-order valence-corrected chi connectivity index (χ0v) is 11.9. The van der Waals surface area contributed by atoms with Gasteiger partial charge in [0.25, 0.3) is 0 Å². The fraction of sp³-hybridized carbons (Fsp3) is 0.455. The number of aliphatic hydroxyl groups excluding tert-OH is 1. The van der Waals surface area contributed by atoms with Gasteiger partial charge in [0.05, 0.1) is 17.7 Å². The molecule has 18 heavy (non-hydrogen) atoms. The van der Waals surface area contributed by atoms with E-state index in [0.29, 0.717) is 10.9 Å². The van der Waals surface area contributed by atoms with Crippen molar-refractivity contribution in [3.05, 3.63) is 33.8 Å². The molecule has 1 aromatic carbocycles. The van der Waals surface area contributed by atoms with E-state index in [0.717, 1.165) is 12.1 Å². The maximum absolute atomic E-state index is 12.5. The topological polar surface area (TPSA) is 46.2 Å². The van der Waals surface area contributed by atoms with E-state index in [1.165, 1.54) is 6.07 Å². The lowest BCUT2D eigenvalue weighted by molar-refractivity contribution is -0.137. The lowest BCUT2D eigenvalue weighted by Gasteiger charge is -2.20. The molecule has 0 heterocycles. The first kappa shape index (κ1) is 17.7. The Balaban J connectivity index is 0.00000289. The highest BCUT2D eigenvalue weighted by Crippen LogP contribution is 2.34. The predicted molar refractivity (Wildman–Crippen MR) is 69.6 cm³/mol. The van der Waals surface area contributed by atoms with Crippen LogP contribution in [0.25, 0.3) is 0 Å². The van der Waals surface area contributed by atoms with Gasteiger partial charge < -0.3 is 10.8 Å². The lowest BCUT2D eigenvalue weighted by Crippen LogP contribution is -2.26. The first-order chi connectivity index (χ1) is 7.77. The van der Waals surface area contributed by atoms with E-state index in [1.807, 2.05) is 0 Å². The summed E-state index contributed by atoms with van der Waals surface area (Å²) in [5.74, 6) is 0. The Bertz CT molecular complexity index is 400. The van der Waals surface area contributed by atoms with E-state index in [9.17, 15) is 18.3 Å². The number of hydrogen-bond acceptors (Lipinski definition) is 2. The summed E-state index contributed by atoms with van der Waals surface area (Å²) < 4.78 is 38.0. The first-order valence-electron chi connectivity index (χ1n) is 5.07. The van der Waals surface area contributed by atoms with Crippen LogP contribution in [0.3, 0.4) is 0 Å². The van der Waals surface area contributed by atoms with Crippen LogP contribution in [-0.4, -0.2) is 11.2 Å². The molecule has 1 aromatic rings. The number of alkyl halides is 3. The highest BCUT2D eigenvalue weighted by molar-refractivity contribution is 9.10. The van der Waals surface area contributed by atoms with Gasteiger partial charge in [-0.3, -0.25) is 0 Å². The summed E-state index contributed by atoms with van der Waals surface area (Å²) in [4.78, 5) is 0. The zero-order valence-electron chi connectivity index (χ0n) is 9.54. The van der Waals surface area contributed by atoms with Crippen LogP contribution in [0.4, 0.5) is 13.2 Å². The molecule has 0 saturated carbocycles. The maximum atomic E-state index is 12.5. The van der Waals surface area contributed by atoms with Crippen molar-refractivity contribution in [1.82, 2.24) is 0 Å². The van der Waals surface area contributed by atoms with E-state index in [4.69, 9.17) is 5.73 Å². The molecule has 2 atom stereocenters. The van der Waals surface area contributed by atoms with Crippen LogP contribution < -0.4 is 5.73 Å². The van der Waals surface area contributed by atoms with Crippen LogP contribution in [0.2, 0.25) is 0 Å². The molecule has 0 unspecified atom stereocenters. The minimum Gasteiger partial charge on any atom is -0.391 e. The second-order valence-corrected chi connectivity index (χ2v) is 4.59. The van der Waals surface area contributed by atoms with Crippen LogP contribution in [0.5, 0.6) is 0 Å². The van der Waals surface area contributed by atoms with Crippen molar-refractivity contribution >= 4 is 28.3 Å². The fourth-order valence-electron chi connectivity index (χ4n) is 1.44. The number of hydrogen-bond donors (Lipinski definition) is 2. The summed E-state index contributed by atoms with van der Waals surface area (Å²) in [7, 11) is 0. The predicted octanol–water partition coefficient (Wildman–Crippen LogP) is 3.66. The second-order valence-electron chi connectivity index (χ2n) is 3.74. The Morgan fingerprint density at radius 1 is 1.39 bits per heavy atom. The summed E-state index contributed by atoms with van der Waals surface area (Å²) in [6.45, 7) is 1.71. The van der Waals surface area contributed by atoms with Gasteiger partial charge in [-0.25, -0.2) is 0 Å². The van der Waals surface area contributed by atoms with Gasteiger partial charge in [-0.05, 0) is 30.2 Å². The third-order valence-corrected chi connectivity index (χ3v) is 3.24. The smallest absolute Gasteiger partial charge is 0.391 e. The van der Waals surface area contributed by atoms with E-state index in [2.05, 4.69) is 15.9 Å². The Morgan fingerprint density at radius 3 is 2.39 bits per heavy atom. The van der Waals surface area contributed by atoms with Gasteiger partial charge in [0.15, 0.2) is 0 Å². The van der Waals surface area contributed by atoms with Crippen LogP contribution in [0.1, 0.15) is 30.5 Å². The van der Waals surface area contributed by atoms with Crippen LogP contribution in [0.15, 0.2) is 22.7 Å². The molecular formula is C11H14BrClF3NO. The van der Waals surface area contributed by atoms with Gasteiger partial charge in [-0.1, -0.05) is 22.9 Å². The number of aliphatic hydroxyl groups is 1. The fourth-order valence-corrected chi connectivity index (χ4v) is 1.95. The SMILES string of the molecule is CC[C@@H](O)[C@@H](N)c1cc(C(F)(F)F)ccc1Br.Cl. The molecule has 0 saturated heterocycles. The van der Waals surface area contributed by atoms with Crippen molar-refractivity contribution in [2.45, 2.75) is 31.7 Å². The monoisotopic (exact) mass is 347 g/mol. The molecule has 0 aliphatic carbocycles. The normalized spacial score (nSPS) is 14.8. The van der Waals surface area contributed by atoms with Crippen molar-refractivity contribution in [2.24, 2.45) is 5.73 Å². The van der Waals surface area contributed by atoms with Crippen LogP contribution >= 0.6 is 28.3 Å². The molecule has 3 N–H and O–H groups in total. The van der Waals surface area contributed by atoms with Crippen molar-refractivity contribution in [3.63, 3.8) is 0 Å². The third-order valence-electron chi connectivity index (χ3n) is 2.52. The van der Waals surface area contributed by atoms with Crippen LogP contribution in [0, 0.1) is 0 Å². The molecular weight excluding hydrogens is 334 g/mol. The van der Waals surface area contributed by atoms with Gasteiger partial charge in [-0.2, -0.15) is 13.2 Å². The Labute approximate surface area is 118 Å². The molecule has 0 aromatic heterocycles. The summed E-state index contributed by atoms with van der Waals surface area (Å²) >= 11 is 3.14. The van der Waals surface area contributed by atoms with Crippen molar-refractivity contribution in [3.8, 4) is 0 Å². The zero-order chi connectivity index (χ0) is 13.2. The highest BCUT2D eigenvalue weighted by Gasteiger charge is 2.31. The number of benzene rings is 1. The summed E-state index contributed by atoms with van der Waals surface area (Å²) in [5, 5.41) is 9.57. The molecule has 1 rings (SSSR count). The van der Waals surface area contributed by atoms with Crippen LogP contribution in [-0.2, 0) is 6.18 Å². The van der Waals surface area contributed by atoms with E-state index >= 15 is 0 Å². The summed E-state index contributed by atoms with van der Waals surface area (Å²) in [6.07, 6.45) is -4.90. The minimum absolute atomic E-state index is 0. The van der Waals surface area contributed by atoms with Gasteiger partial charge >= 0.3 is 6.18 Å². The van der Waals surface area contributed by atoms with Gasteiger partial charge in [0.1, 0.15) is 0 Å². The van der Waals surface area contributed by atoms with Gasteiger partial charge in [0, 0.05) is 4.47 Å². The molecule has 0 aliphatic heterocycles. The number of halogens is 5. The molecule has 0 radical (unpaired) electrons. The van der Waals surface area contributed by atoms with E-state index in [-0.39, 0.29) is 18.0 Å². The molecule has 0 amide bonds. The molecule has 0 aliphatic rings. The van der Waals surface area contributed by atoms with Crippen molar-refractivity contribution in [1.29, 1.82) is 0 Å². The largest absolute Gasteiger partial charge is 0.416 e. The second kappa shape index (κ2) is 6.75. The molecule has 104 valence electrons.